The van der Waals surface area contributed by atoms with E-state index in [-0.39, 0.29) is 12.6 Å². The Kier molecular flexibility index (Phi) is 7.28. The molecule has 1 aromatic heterocycles. The Morgan fingerprint density at radius 3 is 2.88 bits per heavy atom. The molecule has 1 unspecified atom stereocenters. The van der Waals surface area contributed by atoms with Gasteiger partial charge in [0.1, 0.15) is 5.75 Å². The summed E-state index contributed by atoms with van der Waals surface area (Å²) in [5.41, 5.74) is 6.08. The fourth-order valence-electron chi connectivity index (χ4n) is 2.19. The second kappa shape index (κ2) is 9.68. The SMILES string of the molecule is CCNC(=NCc1cccc(OCC(N)=O)c1)NC(C)c1cccs1. The molecule has 0 aliphatic heterocycles. The van der Waals surface area contributed by atoms with E-state index in [1.165, 1.54) is 4.88 Å². The lowest BCUT2D eigenvalue weighted by atomic mass is 10.2. The first-order chi connectivity index (χ1) is 12.1. The second-order valence-electron chi connectivity index (χ2n) is 5.48. The Morgan fingerprint density at radius 1 is 1.36 bits per heavy atom. The van der Waals surface area contributed by atoms with Crippen LogP contribution in [0.15, 0.2) is 46.8 Å². The van der Waals surface area contributed by atoms with Crippen molar-refractivity contribution in [2.45, 2.75) is 26.4 Å². The van der Waals surface area contributed by atoms with E-state index < -0.39 is 5.91 Å². The summed E-state index contributed by atoms with van der Waals surface area (Å²) >= 11 is 1.72. The number of hydrogen-bond donors (Lipinski definition) is 3. The number of nitrogens with one attached hydrogen (secondary N) is 2. The number of rotatable bonds is 8. The van der Waals surface area contributed by atoms with Crippen LogP contribution in [-0.4, -0.2) is 25.0 Å². The lowest BCUT2D eigenvalue weighted by molar-refractivity contribution is -0.119. The van der Waals surface area contributed by atoms with Gasteiger partial charge in [-0.15, -0.1) is 11.3 Å². The number of amides is 1. The smallest absolute Gasteiger partial charge is 0.255 e. The minimum atomic E-state index is -0.496. The van der Waals surface area contributed by atoms with E-state index in [0.717, 1.165) is 18.1 Å². The van der Waals surface area contributed by atoms with E-state index in [4.69, 9.17) is 10.5 Å². The largest absolute Gasteiger partial charge is 0.484 e. The van der Waals surface area contributed by atoms with Crippen molar-refractivity contribution < 1.29 is 9.53 Å². The number of nitrogens with two attached hydrogens (primary N) is 1. The molecule has 0 saturated heterocycles. The quantitative estimate of drug-likeness (QED) is 0.498. The van der Waals surface area contributed by atoms with Gasteiger partial charge in [-0.05, 0) is 43.0 Å². The van der Waals surface area contributed by atoms with Crippen LogP contribution in [0.25, 0.3) is 0 Å². The molecule has 4 N–H and O–H groups in total. The molecule has 1 heterocycles. The maximum atomic E-state index is 10.8. The van der Waals surface area contributed by atoms with E-state index in [2.05, 4.69) is 34.0 Å². The second-order valence-corrected chi connectivity index (χ2v) is 6.46. The Bertz CT molecular complexity index is 701. The maximum absolute atomic E-state index is 10.8. The molecule has 25 heavy (non-hydrogen) atoms. The summed E-state index contributed by atoms with van der Waals surface area (Å²) in [6, 6.07) is 11.8. The first-order valence-corrected chi connectivity index (χ1v) is 9.04. The van der Waals surface area contributed by atoms with E-state index in [0.29, 0.717) is 12.3 Å². The van der Waals surface area contributed by atoms with Gasteiger partial charge in [0, 0.05) is 11.4 Å². The van der Waals surface area contributed by atoms with E-state index in [1.807, 2.05) is 31.2 Å². The molecule has 2 aromatic rings. The fourth-order valence-corrected chi connectivity index (χ4v) is 2.93. The molecule has 2 rings (SSSR count). The van der Waals surface area contributed by atoms with Crippen LogP contribution >= 0.6 is 11.3 Å². The van der Waals surface area contributed by atoms with E-state index in [1.54, 1.807) is 17.4 Å². The van der Waals surface area contributed by atoms with Gasteiger partial charge in [-0.2, -0.15) is 0 Å². The van der Waals surface area contributed by atoms with Crippen molar-refractivity contribution in [3.8, 4) is 5.75 Å². The Labute approximate surface area is 152 Å². The van der Waals surface area contributed by atoms with Crippen LogP contribution in [-0.2, 0) is 11.3 Å². The molecule has 7 heteroatoms. The van der Waals surface area contributed by atoms with Crippen molar-refractivity contribution in [3.05, 3.63) is 52.2 Å². The van der Waals surface area contributed by atoms with Gasteiger partial charge < -0.3 is 21.1 Å². The zero-order chi connectivity index (χ0) is 18.1. The molecule has 134 valence electrons. The fraction of sp³-hybridized carbons (Fsp3) is 0.333. The minimum Gasteiger partial charge on any atom is -0.484 e. The summed E-state index contributed by atoms with van der Waals surface area (Å²) in [6.45, 7) is 5.29. The molecule has 1 atom stereocenters. The van der Waals surface area contributed by atoms with Gasteiger partial charge in [-0.1, -0.05) is 18.2 Å². The summed E-state index contributed by atoms with van der Waals surface area (Å²) in [7, 11) is 0. The summed E-state index contributed by atoms with van der Waals surface area (Å²) in [4.78, 5) is 16.7. The van der Waals surface area contributed by atoms with Crippen LogP contribution < -0.4 is 21.1 Å². The third-order valence-electron chi connectivity index (χ3n) is 3.37. The predicted molar refractivity (Wildman–Crippen MR) is 102 cm³/mol. The number of ether oxygens (including phenoxy) is 1. The van der Waals surface area contributed by atoms with Gasteiger partial charge in [0.15, 0.2) is 12.6 Å². The van der Waals surface area contributed by atoms with Crippen molar-refractivity contribution in [1.82, 2.24) is 10.6 Å². The first-order valence-electron chi connectivity index (χ1n) is 8.16. The highest BCUT2D eigenvalue weighted by atomic mass is 32.1. The highest BCUT2D eigenvalue weighted by Gasteiger charge is 2.08. The molecule has 6 nitrogen and oxygen atoms in total. The highest BCUT2D eigenvalue weighted by Crippen LogP contribution is 2.18. The minimum absolute atomic E-state index is 0.130. The van der Waals surface area contributed by atoms with Crippen molar-refractivity contribution >= 4 is 23.2 Å². The van der Waals surface area contributed by atoms with Gasteiger partial charge in [0.25, 0.3) is 5.91 Å². The number of nitrogens with zero attached hydrogens (tertiary/aromatic N) is 1. The molecule has 0 spiro atoms. The monoisotopic (exact) mass is 360 g/mol. The van der Waals surface area contributed by atoms with Gasteiger partial charge in [0.05, 0.1) is 12.6 Å². The molecule has 0 fully saturated rings. The number of hydrogen-bond acceptors (Lipinski definition) is 4. The van der Waals surface area contributed by atoms with Crippen molar-refractivity contribution in [1.29, 1.82) is 0 Å². The Balaban J connectivity index is 2.00. The van der Waals surface area contributed by atoms with E-state index >= 15 is 0 Å². The van der Waals surface area contributed by atoms with Gasteiger partial charge >= 0.3 is 0 Å². The van der Waals surface area contributed by atoms with Crippen LogP contribution in [0.2, 0.25) is 0 Å². The standard InChI is InChI=1S/C18H24N4O2S/c1-3-20-18(22-13(2)16-8-5-9-25-16)21-11-14-6-4-7-15(10-14)24-12-17(19)23/h4-10,13H,3,11-12H2,1-2H3,(H2,19,23)(H2,20,21,22). The van der Waals surface area contributed by atoms with Crippen LogP contribution in [0.1, 0.15) is 30.3 Å². The summed E-state index contributed by atoms with van der Waals surface area (Å²) in [6.07, 6.45) is 0. The van der Waals surface area contributed by atoms with Gasteiger partial charge in [0.2, 0.25) is 0 Å². The third-order valence-corrected chi connectivity index (χ3v) is 4.42. The number of thiophene rings is 1. The van der Waals surface area contributed by atoms with Crippen LogP contribution in [0, 0.1) is 0 Å². The van der Waals surface area contributed by atoms with Gasteiger partial charge in [-0.3, -0.25) is 4.79 Å². The lowest BCUT2D eigenvalue weighted by Crippen LogP contribution is -2.38. The molecule has 1 amide bonds. The zero-order valence-corrected chi connectivity index (χ0v) is 15.3. The normalized spacial score (nSPS) is 12.5. The molecule has 0 aliphatic carbocycles. The van der Waals surface area contributed by atoms with Crippen LogP contribution in [0.3, 0.4) is 0 Å². The number of carbonyl (C=O) groups excluding carboxylic acids is 1. The van der Waals surface area contributed by atoms with E-state index in [9.17, 15) is 4.79 Å². The highest BCUT2D eigenvalue weighted by molar-refractivity contribution is 7.10. The molecule has 0 radical (unpaired) electrons. The predicted octanol–water partition coefficient (Wildman–Crippen LogP) is 2.43. The number of aliphatic imine (C=N–C) groups is 1. The summed E-state index contributed by atoms with van der Waals surface area (Å²) in [5.74, 6) is 0.868. The first kappa shape index (κ1) is 18.8. The zero-order valence-electron chi connectivity index (χ0n) is 14.5. The number of primary amides is 1. The molecule has 0 aliphatic rings. The molecular formula is C18H24N4O2S. The van der Waals surface area contributed by atoms with Crippen LogP contribution in [0.4, 0.5) is 0 Å². The summed E-state index contributed by atoms with van der Waals surface area (Å²) in [5, 5.41) is 8.72. The summed E-state index contributed by atoms with van der Waals surface area (Å²) < 4.78 is 5.32. The lowest BCUT2D eigenvalue weighted by Gasteiger charge is -2.16. The third kappa shape index (κ3) is 6.46. The maximum Gasteiger partial charge on any atom is 0.255 e. The van der Waals surface area contributed by atoms with Gasteiger partial charge in [-0.25, -0.2) is 4.99 Å². The van der Waals surface area contributed by atoms with Crippen molar-refractivity contribution in [2.24, 2.45) is 10.7 Å². The molecule has 1 aromatic carbocycles. The molecule has 0 bridgehead atoms. The topological polar surface area (TPSA) is 88.7 Å². The van der Waals surface area contributed by atoms with Crippen molar-refractivity contribution in [2.75, 3.05) is 13.2 Å². The van der Waals surface area contributed by atoms with Crippen LogP contribution in [0.5, 0.6) is 5.75 Å². The molecule has 0 saturated carbocycles. The average molecular weight is 360 g/mol. The molecular weight excluding hydrogens is 336 g/mol. The average Bonchev–Trinajstić information content (AvgIpc) is 3.13. The number of guanidine groups is 1. The Hall–Kier alpha value is -2.54. The Morgan fingerprint density at radius 2 is 2.20 bits per heavy atom. The number of carbonyl (C=O) groups is 1. The van der Waals surface area contributed by atoms with Crippen molar-refractivity contribution in [3.63, 3.8) is 0 Å². The number of benzene rings is 1.